The number of hydrazone groups is 1. The van der Waals surface area contributed by atoms with Gasteiger partial charge in [-0.05, 0) is 48.6 Å². The SMILES string of the molecule is CCCNC(=O)N(C)CC(=O)N1N=C(c2ccc(C)c(C)c2)C[C@@H]1c1ccccc1. The highest BCUT2D eigenvalue weighted by Crippen LogP contribution is 2.33. The van der Waals surface area contributed by atoms with Crippen LogP contribution < -0.4 is 5.32 Å². The third kappa shape index (κ3) is 4.87. The molecule has 0 bridgehead atoms. The van der Waals surface area contributed by atoms with Gasteiger partial charge in [-0.2, -0.15) is 5.10 Å². The van der Waals surface area contributed by atoms with E-state index >= 15 is 0 Å². The fourth-order valence-electron chi connectivity index (χ4n) is 3.48. The second-order valence-electron chi connectivity index (χ2n) is 7.80. The molecule has 0 unspecified atom stereocenters. The number of nitrogens with one attached hydrogen (secondary N) is 1. The number of carbonyl (C=O) groups is 2. The van der Waals surface area contributed by atoms with Gasteiger partial charge in [-0.15, -0.1) is 0 Å². The monoisotopic (exact) mass is 406 g/mol. The summed E-state index contributed by atoms with van der Waals surface area (Å²) in [6.45, 7) is 6.71. The van der Waals surface area contributed by atoms with E-state index in [1.165, 1.54) is 16.0 Å². The van der Waals surface area contributed by atoms with E-state index in [4.69, 9.17) is 5.10 Å². The quantitative estimate of drug-likeness (QED) is 0.787. The summed E-state index contributed by atoms with van der Waals surface area (Å²) < 4.78 is 0. The van der Waals surface area contributed by atoms with E-state index < -0.39 is 0 Å². The van der Waals surface area contributed by atoms with E-state index in [2.05, 4.69) is 37.4 Å². The minimum absolute atomic E-state index is 0.0252. The summed E-state index contributed by atoms with van der Waals surface area (Å²) in [5.74, 6) is -0.197. The van der Waals surface area contributed by atoms with Crippen molar-refractivity contribution in [2.75, 3.05) is 20.1 Å². The first-order chi connectivity index (χ1) is 14.4. The third-order valence-electron chi connectivity index (χ3n) is 5.44. The first kappa shape index (κ1) is 21.6. The highest BCUT2D eigenvalue weighted by molar-refractivity contribution is 6.03. The lowest BCUT2D eigenvalue weighted by Crippen LogP contribution is -2.43. The smallest absolute Gasteiger partial charge is 0.317 e. The Labute approximate surface area is 178 Å². The molecule has 1 aliphatic heterocycles. The van der Waals surface area contributed by atoms with E-state index in [9.17, 15) is 9.59 Å². The van der Waals surface area contributed by atoms with Crippen LogP contribution in [0.15, 0.2) is 53.6 Å². The van der Waals surface area contributed by atoms with Crippen LogP contribution in [-0.2, 0) is 4.79 Å². The summed E-state index contributed by atoms with van der Waals surface area (Å²) >= 11 is 0. The average Bonchev–Trinajstić information content (AvgIpc) is 3.20. The zero-order chi connectivity index (χ0) is 21.7. The van der Waals surface area contributed by atoms with E-state index in [1.807, 2.05) is 37.3 Å². The van der Waals surface area contributed by atoms with Gasteiger partial charge in [0.2, 0.25) is 0 Å². The molecule has 0 spiro atoms. The predicted octanol–water partition coefficient (Wildman–Crippen LogP) is 4.03. The number of likely N-dealkylation sites (N-methyl/N-ethyl adjacent to an activating group) is 1. The third-order valence-corrected chi connectivity index (χ3v) is 5.44. The number of urea groups is 1. The Morgan fingerprint density at radius 1 is 1.13 bits per heavy atom. The largest absolute Gasteiger partial charge is 0.338 e. The summed E-state index contributed by atoms with van der Waals surface area (Å²) in [6, 6.07) is 15.8. The molecule has 2 aromatic carbocycles. The van der Waals surface area contributed by atoms with Gasteiger partial charge in [-0.1, -0.05) is 49.4 Å². The van der Waals surface area contributed by atoms with Gasteiger partial charge >= 0.3 is 6.03 Å². The maximum absolute atomic E-state index is 13.1. The van der Waals surface area contributed by atoms with E-state index in [0.717, 1.165) is 23.3 Å². The van der Waals surface area contributed by atoms with Gasteiger partial charge in [-0.3, -0.25) is 4.79 Å². The number of nitrogens with zero attached hydrogens (tertiary/aromatic N) is 3. The fourth-order valence-corrected chi connectivity index (χ4v) is 3.48. The lowest BCUT2D eigenvalue weighted by molar-refractivity contribution is -0.133. The number of aryl methyl sites for hydroxylation is 2. The van der Waals surface area contributed by atoms with Crippen molar-refractivity contribution in [3.05, 3.63) is 70.8 Å². The van der Waals surface area contributed by atoms with Crippen molar-refractivity contribution in [3.63, 3.8) is 0 Å². The lowest BCUT2D eigenvalue weighted by atomic mass is 9.96. The number of carbonyl (C=O) groups excluding carboxylic acids is 2. The number of amides is 3. The molecule has 1 heterocycles. The summed E-state index contributed by atoms with van der Waals surface area (Å²) in [5.41, 5.74) is 5.38. The number of rotatable bonds is 6. The molecule has 0 saturated heterocycles. The van der Waals surface area contributed by atoms with Crippen LogP contribution in [0.2, 0.25) is 0 Å². The average molecular weight is 407 g/mol. The van der Waals surface area contributed by atoms with Gasteiger partial charge in [-0.25, -0.2) is 9.80 Å². The Kier molecular flexibility index (Phi) is 6.87. The van der Waals surface area contributed by atoms with Gasteiger partial charge in [0.1, 0.15) is 6.54 Å². The molecule has 0 fully saturated rings. The van der Waals surface area contributed by atoms with Crippen LogP contribution in [0.4, 0.5) is 4.79 Å². The Hall–Kier alpha value is -3.15. The van der Waals surface area contributed by atoms with E-state index in [0.29, 0.717) is 13.0 Å². The molecule has 2 aromatic rings. The van der Waals surface area contributed by atoms with Gasteiger partial charge in [0.05, 0.1) is 11.8 Å². The van der Waals surface area contributed by atoms with Crippen LogP contribution in [0.25, 0.3) is 0 Å². The fraction of sp³-hybridized carbons (Fsp3) is 0.375. The summed E-state index contributed by atoms with van der Waals surface area (Å²) in [7, 11) is 1.63. The highest BCUT2D eigenvalue weighted by atomic mass is 16.2. The van der Waals surface area contributed by atoms with Crippen LogP contribution in [0.5, 0.6) is 0 Å². The number of hydrogen-bond acceptors (Lipinski definition) is 3. The molecule has 0 saturated carbocycles. The molecule has 1 aliphatic rings. The van der Waals surface area contributed by atoms with Gasteiger partial charge < -0.3 is 10.2 Å². The van der Waals surface area contributed by atoms with Gasteiger partial charge in [0.25, 0.3) is 5.91 Å². The maximum atomic E-state index is 13.1. The minimum Gasteiger partial charge on any atom is -0.338 e. The second kappa shape index (κ2) is 9.57. The molecule has 1 N–H and O–H groups in total. The van der Waals surface area contributed by atoms with Crippen molar-refractivity contribution in [3.8, 4) is 0 Å². The first-order valence-electron chi connectivity index (χ1n) is 10.4. The van der Waals surface area contributed by atoms with Gasteiger partial charge in [0.15, 0.2) is 0 Å². The Morgan fingerprint density at radius 2 is 1.87 bits per heavy atom. The number of hydrogen-bond donors (Lipinski definition) is 1. The molecule has 6 heteroatoms. The van der Waals surface area contributed by atoms with Gasteiger partial charge in [0, 0.05) is 20.0 Å². The zero-order valence-corrected chi connectivity index (χ0v) is 18.2. The van der Waals surface area contributed by atoms with Crippen molar-refractivity contribution in [1.29, 1.82) is 0 Å². The molecular formula is C24H30N4O2. The normalized spacial score (nSPS) is 15.7. The molecular weight excluding hydrogens is 376 g/mol. The van der Waals surface area contributed by atoms with Crippen LogP contribution in [0.1, 0.15) is 48.1 Å². The highest BCUT2D eigenvalue weighted by Gasteiger charge is 2.33. The molecule has 1 atom stereocenters. The molecule has 158 valence electrons. The van der Waals surface area contributed by atoms with Crippen molar-refractivity contribution in [1.82, 2.24) is 15.2 Å². The maximum Gasteiger partial charge on any atom is 0.317 e. The lowest BCUT2D eigenvalue weighted by Gasteiger charge is -2.25. The second-order valence-corrected chi connectivity index (χ2v) is 7.80. The predicted molar refractivity (Wildman–Crippen MR) is 119 cm³/mol. The van der Waals surface area contributed by atoms with Crippen LogP contribution in [0.3, 0.4) is 0 Å². The summed E-state index contributed by atoms with van der Waals surface area (Å²) in [6.07, 6.45) is 1.49. The molecule has 3 rings (SSSR count). The molecule has 0 aromatic heterocycles. The zero-order valence-electron chi connectivity index (χ0n) is 18.2. The molecule has 0 aliphatic carbocycles. The molecule has 0 radical (unpaired) electrons. The molecule has 6 nitrogen and oxygen atoms in total. The summed E-state index contributed by atoms with van der Waals surface area (Å²) in [4.78, 5) is 26.7. The van der Waals surface area contributed by atoms with Crippen molar-refractivity contribution in [2.24, 2.45) is 5.10 Å². The standard InChI is InChI=1S/C24H30N4O2/c1-5-13-25-24(30)27(4)16-23(29)28-22(19-9-7-6-8-10-19)15-21(26-28)20-12-11-17(2)18(3)14-20/h6-12,14,22H,5,13,15-16H2,1-4H3,(H,25,30)/t22-/m1/s1. The van der Waals surface area contributed by atoms with Crippen LogP contribution in [0, 0.1) is 13.8 Å². The van der Waals surface area contributed by atoms with Crippen LogP contribution in [-0.4, -0.2) is 47.7 Å². The van der Waals surface area contributed by atoms with Crippen LogP contribution >= 0.6 is 0 Å². The first-order valence-corrected chi connectivity index (χ1v) is 10.4. The Balaban J connectivity index is 1.84. The molecule has 30 heavy (non-hydrogen) atoms. The van der Waals surface area contributed by atoms with Crippen molar-refractivity contribution < 1.29 is 9.59 Å². The minimum atomic E-state index is -0.251. The van der Waals surface area contributed by atoms with E-state index in [1.54, 1.807) is 12.1 Å². The van der Waals surface area contributed by atoms with Crippen molar-refractivity contribution in [2.45, 2.75) is 39.7 Å². The van der Waals surface area contributed by atoms with E-state index in [-0.39, 0.29) is 24.5 Å². The Morgan fingerprint density at radius 3 is 2.53 bits per heavy atom. The Bertz CT molecular complexity index is 939. The molecule has 3 amide bonds. The number of benzene rings is 2. The topological polar surface area (TPSA) is 65.0 Å². The van der Waals surface area contributed by atoms with Crippen molar-refractivity contribution >= 4 is 17.6 Å². The summed E-state index contributed by atoms with van der Waals surface area (Å²) in [5, 5.41) is 9.05.